The number of carbonyl (C=O) groups excluding carboxylic acids is 1. The molecule has 0 aromatic heterocycles. The molecular formula is C22H27ClN2O5S. The molecule has 1 fully saturated rings. The molecule has 0 unspecified atom stereocenters. The second-order valence-electron chi connectivity index (χ2n) is 7.27. The number of nitrogens with one attached hydrogen (secondary N) is 2. The summed E-state index contributed by atoms with van der Waals surface area (Å²) in [5.74, 6) is -0.00165. The molecule has 1 heterocycles. The summed E-state index contributed by atoms with van der Waals surface area (Å²) in [6.45, 7) is 3.25. The van der Waals surface area contributed by atoms with Gasteiger partial charge >= 0.3 is 0 Å². The Bertz CT molecular complexity index is 979. The van der Waals surface area contributed by atoms with Crippen LogP contribution in [0.1, 0.15) is 25.3 Å². The Kier molecular flexibility index (Phi) is 8.31. The maximum absolute atomic E-state index is 13.0. The molecule has 0 spiro atoms. The van der Waals surface area contributed by atoms with Crippen LogP contribution in [0.15, 0.2) is 53.4 Å². The number of amides is 1. The van der Waals surface area contributed by atoms with Crippen LogP contribution in [0.5, 0.6) is 5.75 Å². The molecule has 1 saturated heterocycles. The third kappa shape index (κ3) is 6.67. The van der Waals surface area contributed by atoms with Crippen LogP contribution in [0.25, 0.3) is 0 Å². The largest absolute Gasteiger partial charge is 0.492 e. The van der Waals surface area contributed by atoms with Gasteiger partial charge in [0.1, 0.15) is 11.8 Å². The van der Waals surface area contributed by atoms with Crippen LogP contribution in [0.3, 0.4) is 0 Å². The molecular weight excluding hydrogens is 440 g/mol. The molecule has 0 bridgehead atoms. The SMILES string of the molecule is CCOc1ccc(S(=O)(=O)N[C@H](Cc2ccccc2)C(=O)NC[C@@H]2CCCO2)cc1Cl. The first-order valence-electron chi connectivity index (χ1n) is 10.3. The summed E-state index contributed by atoms with van der Waals surface area (Å²) in [7, 11) is -4.00. The van der Waals surface area contributed by atoms with Crippen molar-refractivity contribution in [3.05, 3.63) is 59.1 Å². The molecule has 2 aromatic rings. The molecule has 7 nitrogen and oxygen atoms in total. The zero-order valence-electron chi connectivity index (χ0n) is 17.3. The van der Waals surface area contributed by atoms with Gasteiger partial charge in [-0.15, -0.1) is 0 Å². The van der Waals surface area contributed by atoms with Crippen LogP contribution in [-0.2, 0) is 26.0 Å². The molecule has 168 valence electrons. The average Bonchev–Trinajstić information content (AvgIpc) is 3.27. The summed E-state index contributed by atoms with van der Waals surface area (Å²) >= 11 is 6.16. The summed E-state index contributed by atoms with van der Waals surface area (Å²) in [5, 5.41) is 3.01. The van der Waals surface area contributed by atoms with Gasteiger partial charge in [-0.25, -0.2) is 8.42 Å². The Morgan fingerprint density at radius 1 is 1.26 bits per heavy atom. The number of hydrogen-bond acceptors (Lipinski definition) is 5. The molecule has 1 aliphatic heterocycles. The first-order valence-corrected chi connectivity index (χ1v) is 12.1. The van der Waals surface area contributed by atoms with Crippen LogP contribution in [0.4, 0.5) is 0 Å². The number of carbonyl (C=O) groups is 1. The molecule has 2 atom stereocenters. The molecule has 1 aliphatic rings. The number of rotatable bonds is 10. The summed E-state index contributed by atoms with van der Waals surface area (Å²) < 4.78 is 39.4. The van der Waals surface area contributed by atoms with E-state index in [-0.39, 0.29) is 22.4 Å². The van der Waals surface area contributed by atoms with Crippen molar-refractivity contribution in [2.45, 2.75) is 43.2 Å². The topological polar surface area (TPSA) is 93.7 Å². The van der Waals surface area contributed by atoms with Crippen LogP contribution >= 0.6 is 11.6 Å². The Morgan fingerprint density at radius 2 is 2.03 bits per heavy atom. The zero-order chi connectivity index (χ0) is 22.3. The van der Waals surface area contributed by atoms with Gasteiger partial charge in [-0.05, 0) is 49.9 Å². The van der Waals surface area contributed by atoms with E-state index in [0.717, 1.165) is 18.4 Å². The fourth-order valence-corrected chi connectivity index (χ4v) is 4.88. The number of halogens is 1. The lowest BCUT2D eigenvalue weighted by atomic mass is 10.1. The Balaban J connectivity index is 1.77. The van der Waals surface area contributed by atoms with Gasteiger partial charge in [-0.2, -0.15) is 4.72 Å². The number of ether oxygens (including phenoxy) is 2. The van der Waals surface area contributed by atoms with Gasteiger partial charge in [0.2, 0.25) is 15.9 Å². The van der Waals surface area contributed by atoms with E-state index in [9.17, 15) is 13.2 Å². The summed E-state index contributed by atoms with van der Waals surface area (Å²) in [4.78, 5) is 12.8. The van der Waals surface area contributed by atoms with Gasteiger partial charge in [0.05, 0.1) is 22.6 Å². The van der Waals surface area contributed by atoms with Gasteiger partial charge in [-0.3, -0.25) is 4.79 Å². The molecule has 2 N–H and O–H groups in total. The monoisotopic (exact) mass is 466 g/mol. The molecule has 0 radical (unpaired) electrons. The van der Waals surface area contributed by atoms with E-state index in [1.165, 1.54) is 18.2 Å². The molecule has 0 aliphatic carbocycles. The lowest BCUT2D eigenvalue weighted by Crippen LogP contribution is -2.49. The second-order valence-corrected chi connectivity index (χ2v) is 9.39. The van der Waals surface area contributed by atoms with Crippen molar-refractivity contribution >= 4 is 27.5 Å². The Hall–Kier alpha value is -2.13. The van der Waals surface area contributed by atoms with Crippen molar-refractivity contribution in [2.75, 3.05) is 19.8 Å². The summed E-state index contributed by atoms with van der Waals surface area (Å²) in [6, 6.07) is 12.5. The normalized spacial score (nSPS) is 17.3. The second kappa shape index (κ2) is 10.9. The quantitative estimate of drug-likeness (QED) is 0.561. The van der Waals surface area contributed by atoms with Gasteiger partial charge in [0.25, 0.3) is 0 Å². The zero-order valence-corrected chi connectivity index (χ0v) is 18.9. The number of benzene rings is 2. The minimum absolute atomic E-state index is 0.0362. The van der Waals surface area contributed by atoms with Crippen LogP contribution in [-0.4, -0.2) is 46.2 Å². The first kappa shape index (κ1) is 23.5. The van der Waals surface area contributed by atoms with E-state index in [1.807, 2.05) is 37.3 Å². The highest BCUT2D eigenvalue weighted by molar-refractivity contribution is 7.89. The highest BCUT2D eigenvalue weighted by Crippen LogP contribution is 2.27. The van der Waals surface area contributed by atoms with Crippen LogP contribution in [0.2, 0.25) is 5.02 Å². The van der Waals surface area contributed by atoms with Crippen molar-refractivity contribution in [2.24, 2.45) is 0 Å². The van der Waals surface area contributed by atoms with Gasteiger partial charge < -0.3 is 14.8 Å². The van der Waals surface area contributed by atoms with E-state index >= 15 is 0 Å². The van der Waals surface area contributed by atoms with E-state index in [4.69, 9.17) is 21.1 Å². The third-order valence-electron chi connectivity index (χ3n) is 4.94. The van der Waals surface area contributed by atoms with E-state index in [1.54, 1.807) is 0 Å². The smallest absolute Gasteiger partial charge is 0.241 e. The predicted octanol–water partition coefficient (Wildman–Crippen LogP) is 2.92. The average molecular weight is 467 g/mol. The summed E-state index contributed by atoms with van der Waals surface area (Å²) in [6.07, 6.45) is 2.00. The van der Waals surface area contributed by atoms with Crippen LogP contribution < -0.4 is 14.8 Å². The molecule has 9 heteroatoms. The highest BCUT2D eigenvalue weighted by atomic mass is 35.5. The number of hydrogen-bond donors (Lipinski definition) is 2. The predicted molar refractivity (Wildman–Crippen MR) is 119 cm³/mol. The molecule has 3 rings (SSSR count). The van der Waals surface area contributed by atoms with Crippen molar-refractivity contribution in [3.63, 3.8) is 0 Å². The molecule has 2 aromatic carbocycles. The van der Waals surface area contributed by atoms with E-state index < -0.39 is 22.0 Å². The van der Waals surface area contributed by atoms with E-state index in [2.05, 4.69) is 10.0 Å². The maximum Gasteiger partial charge on any atom is 0.241 e. The lowest BCUT2D eigenvalue weighted by Gasteiger charge is -2.20. The van der Waals surface area contributed by atoms with E-state index in [0.29, 0.717) is 25.5 Å². The fraction of sp³-hybridized carbons (Fsp3) is 0.409. The first-order chi connectivity index (χ1) is 14.9. The Morgan fingerprint density at radius 3 is 2.68 bits per heavy atom. The van der Waals surface area contributed by atoms with Gasteiger partial charge in [0.15, 0.2) is 0 Å². The van der Waals surface area contributed by atoms with Crippen molar-refractivity contribution in [3.8, 4) is 5.75 Å². The van der Waals surface area contributed by atoms with Crippen LogP contribution in [0, 0.1) is 0 Å². The van der Waals surface area contributed by atoms with Crippen molar-refractivity contribution in [1.29, 1.82) is 0 Å². The third-order valence-corrected chi connectivity index (χ3v) is 6.70. The minimum Gasteiger partial charge on any atom is -0.492 e. The standard InChI is InChI=1S/C22H27ClN2O5S/c1-2-29-21-11-10-18(14-19(21)23)31(27,28)25-20(13-16-7-4-3-5-8-16)22(26)24-15-17-9-6-12-30-17/h3-5,7-8,10-11,14,17,20,25H,2,6,9,12-13,15H2,1H3,(H,24,26)/t17-,20+/m0/s1. The van der Waals surface area contributed by atoms with Crippen molar-refractivity contribution in [1.82, 2.24) is 10.0 Å². The Labute approximate surface area is 188 Å². The molecule has 0 saturated carbocycles. The summed E-state index contributed by atoms with van der Waals surface area (Å²) in [5.41, 5.74) is 0.840. The van der Waals surface area contributed by atoms with Gasteiger partial charge in [0, 0.05) is 13.2 Å². The van der Waals surface area contributed by atoms with Gasteiger partial charge in [-0.1, -0.05) is 41.9 Å². The number of sulfonamides is 1. The molecule has 31 heavy (non-hydrogen) atoms. The maximum atomic E-state index is 13.0. The minimum atomic E-state index is -4.00. The molecule has 1 amide bonds. The fourth-order valence-electron chi connectivity index (χ4n) is 3.36. The van der Waals surface area contributed by atoms with Crippen molar-refractivity contribution < 1.29 is 22.7 Å². The highest BCUT2D eigenvalue weighted by Gasteiger charge is 2.27. The lowest BCUT2D eigenvalue weighted by molar-refractivity contribution is -0.123.